The lowest BCUT2D eigenvalue weighted by molar-refractivity contribution is 0.0560. The van der Waals surface area contributed by atoms with Crippen molar-refractivity contribution in [2.24, 2.45) is 0 Å². The summed E-state index contributed by atoms with van der Waals surface area (Å²) in [6.45, 7) is 1.88. The molecule has 0 aromatic heterocycles. The van der Waals surface area contributed by atoms with Crippen LogP contribution in [-0.4, -0.2) is 33.3 Å². The Bertz CT molecular complexity index is 255. The highest BCUT2D eigenvalue weighted by Gasteiger charge is 2.42. The first-order valence-electron chi connectivity index (χ1n) is 3.65. The topological polar surface area (TPSA) is 71.1 Å². The monoisotopic (exact) mass is 228 g/mol. The molecule has 6 nitrogen and oxygen atoms in total. The van der Waals surface area contributed by atoms with Crippen molar-refractivity contribution < 1.29 is 25.2 Å². The van der Waals surface area contributed by atoms with Crippen molar-refractivity contribution >= 4 is 22.7 Å². The maximum atomic E-state index is 10.8. The van der Waals surface area contributed by atoms with Crippen molar-refractivity contribution in [3.8, 4) is 0 Å². The van der Waals surface area contributed by atoms with E-state index < -0.39 is 34.9 Å². The molecule has 8 heteroatoms. The van der Waals surface area contributed by atoms with Crippen LogP contribution in [0.2, 0.25) is 0 Å². The lowest BCUT2D eigenvalue weighted by atomic mass is 10.1. The first-order chi connectivity index (χ1) is 6.16. The second-order valence-corrected chi connectivity index (χ2v) is 4.32. The summed E-state index contributed by atoms with van der Waals surface area (Å²) >= 11 is -3.43. The number of hydrogen-bond donors (Lipinski definition) is 0. The van der Waals surface area contributed by atoms with Gasteiger partial charge in [-0.2, -0.15) is 8.42 Å². The first-order valence-corrected chi connectivity index (χ1v) is 5.65. The van der Waals surface area contributed by atoms with Gasteiger partial charge in [0.15, 0.2) is 0 Å². The maximum Gasteiger partial charge on any atom is 0.305 e. The lowest BCUT2D eigenvalue weighted by Gasteiger charge is -2.13. The Hall–Kier alpha value is 0.140. The van der Waals surface area contributed by atoms with Crippen LogP contribution in [0.5, 0.6) is 0 Å². The van der Waals surface area contributed by atoms with E-state index in [-0.39, 0.29) is 12.7 Å². The minimum Gasteiger partial charge on any atom is -0.266 e. The van der Waals surface area contributed by atoms with Crippen LogP contribution in [0.3, 0.4) is 0 Å². The van der Waals surface area contributed by atoms with E-state index in [1.54, 1.807) is 6.92 Å². The molecule has 2 aliphatic heterocycles. The van der Waals surface area contributed by atoms with E-state index in [1.807, 2.05) is 0 Å². The van der Waals surface area contributed by atoms with E-state index in [2.05, 4.69) is 4.18 Å². The zero-order chi connectivity index (χ0) is 9.42. The van der Waals surface area contributed by atoms with Gasteiger partial charge in [-0.1, -0.05) is 0 Å². The van der Waals surface area contributed by atoms with Gasteiger partial charge in [0.2, 0.25) is 0 Å². The zero-order valence-electron chi connectivity index (χ0n) is 6.71. The summed E-state index contributed by atoms with van der Waals surface area (Å²) in [6.07, 6.45) is -1.29. The predicted molar refractivity (Wildman–Crippen MR) is 42.5 cm³/mol. The summed E-state index contributed by atoms with van der Waals surface area (Å²) < 4.78 is 40.8. The van der Waals surface area contributed by atoms with Crippen LogP contribution in [-0.2, 0) is 39.5 Å². The van der Waals surface area contributed by atoms with Gasteiger partial charge in [0, 0.05) is 0 Å². The third-order valence-electron chi connectivity index (χ3n) is 1.78. The quantitative estimate of drug-likeness (QED) is 0.594. The molecule has 0 aliphatic carbocycles. The van der Waals surface area contributed by atoms with E-state index in [0.717, 1.165) is 0 Å². The molecule has 0 saturated carbocycles. The second-order valence-electron chi connectivity index (χ2n) is 2.69. The van der Waals surface area contributed by atoms with Crippen molar-refractivity contribution in [3.05, 3.63) is 0 Å². The molecule has 76 valence electrons. The fraction of sp³-hybridized carbons (Fsp3) is 1.00. The van der Waals surface area contributed by atoms with Gasteiger partial charge in [-0.25, -0.2) is 0 Å². The van der Waals surface area contributed by atoms with Crippen molar-refractivity contribution in [2.75, 3.05) is 6.61 Å². The molecule has 5 atom stereocenters. The van der Waals surface area contributed by atoms with E-state index in [1.165, 1.54) is 0 Å². The lowest BCUT2D eigenvalue weighted by Crippen LogP contribution is -2.34. The Labute approximate surface area is 80.2 Å². The van der Waals surface area contributed by atoms with Gasteiger partial charge in [-0.15, -0.1) is 0 Å². The molecule has 2 saturated heterocycles. The van der Waals surface area contributed by atoms with Crippen LogP contribution in [0.15, 0.2) is 0 Å². The Morgan fingerprint density at radius 2 is 1.92 bits per heavy atom. The normalized spacial score (nSPS) is 51.3. The summed E-state index contributed by atoms with van der Waals surface area (Å²) in [7, 11) is 0. The molecule has 0 bridgehead atoms. The summed E-state index contributed by atoms with van der Waals surface area (Å²) in [6, 6.07) is 0. The van der Waals surface area contributed by atoms with Crippen LogP contribution in [0.25, 0.3) is 0 Å². The Morgan fingerprint density at radius 3 is 2.38 bits per heavy atom. The van der Waals surface area contributed by atoms with Crippen molar-refractivity contribution in [2.45, 2.75) is 25.2 Å². The molecule has 5 unspecified atom stereocenters. The molecule has 0 N–H and O–H groups in total. The molecule has 0 radical (unpaired) electrons. The predicted octanol–water partition coefficient (Wildman–Crippen LogP) is -0.637. The third kappa shape index (κ3) is 1.97. The highest BCUT2D eigenvalue weighted by molar-refractivity contribution is 7.75. The van der Waals surface area contributed by atoms with Crippen LogP contribution in [0.1, 0.15) is 6.92 Å². The molecular weight excluding hydrogens is 220 g/mol. The minimum atomic E-state index is -1.72. The molecule has 0 amide bonds. The van der Waals surface area contributed by atoms with Crippen LogP contribution >= 0.6 is 0 Å². The summed E-state index contributed by atoms with van der Waals surface area (Å²) in [4.78, 5) is 0. The van der Waals surface area contributed by atoms with Crippen molar-refractivity contribution in [1.29, 1.82) is 0 Å². The largest absolute Gasteiger partial charge is 0.305 e. The Balaban J connectivity index is 2.01. The van der Waals surface area contributed by atoms with E-state index in [4.69, 9.17) is 12.5 Å². The molecule has 2 fully saturated rings. The molecule has 2 aliphatic rings. The van der Waals surface area contributed by atoms with Gasteiger partial charge >= 0.3 is 22.7 Å². The van der Waals surface area contributed by atoms with Gasteiger partial charge in [-0.05, 0) is 6.92 Å². The van der Waals surface area contributed by atoms with Crippen LogP contribution in [0.4, 0.5) is 0 Å². The van der Waals surface area contributed by atoms with Gasteiger partial charge in [0.1, 0.15) is 18.3 Å². The zero-order valence-corrected chi connectivity index (χ0v) is 8.34. The average molecular weight is 228 g/mol. The molecule has 2 heterocycles. The van der Waals surface area contributed by atoms with E-state index in [0.29, 0.717) is 0 Å². The minimum absolute atomic E-state index is 0.169. The number of rotatable bonds is 1. The van der Waals surface area contributed by atoms with E-state index in [9.17, 15) is 8.42 Å². The Morgan fingerprint density at radius 1 is 1.15 bits per heavy atom. The van der Waals surface area contributed by atoms with Crippen LogP contribution < -0.4 is 0 Å². The fourth-order valence-electron chi connectivity index (χ4n) is 1.16. The molecular formula is C5H8O6S2. The summed E-state index contributed by atoms with van der Waals surface area (Å²) in [5, 5.41) is 0. The molecule has 2 rings (SSSR count). The van der Waals surface area contributed by atoms with Gasteiger partial charge in [0.25, 0.3) is 0 Å². The Kier molecular flexibility index (Phi) is 2.77. The van der Waals surface area contributed by atoms with Gasteiger partial charge in [0.05, 0.1) is 6.61 Å². The second kappa shape index (κ2) is 3.71. The number of hydrogen-bond acceptors (Lipinski definition) is 6. The van der Waals surface area contributed by atoms with Gasteiger partial charge < -0.3 is 0 Å². The van der Waals surface area contributed by atoms with E-state index >= 15 is 0 Å². The smallest absolute Gasteiger partial charge is 0.266 e. The van der Waals surface area contributed by atoms with Crippen molar-refractivity contribution in [1.82, 2.24) is 0 Å². The summed E-state index contributed by atoms with van der Waals surface area (Å²) in [5.41, 5.74) is 0. The van der Waals surface area contributed by atoms with Crippen LogP contribution in [0, 0.1) is 0 Å². The molecule has 13 heavy (non-hydrogen) atoms. The average Bonchev–Trinajstić information content (AvgIpc) is 2.58. The molecule has 0 aromatic carbocycles. The molecule has 0 aromatic rings. The van der Waals surface area contributed by atoms with Crippen molar-refractivity contribution in [3.63, 3.8) is 0 Å². The highest BCUT2D eigenvalue weighted by Crippen LogP contribution is 2.25. The fourth-order valence-corrected chi connectivity index (χ4v) is 2.70. The highest BCUT2D eigenvalue weighted by atomic mass is 32.2. The summed E-state index contributed by atoms with van der Waals surface area (Å²) in [5.74, 6) is 0. The first kappa shape index (κ1) is 9.69. The third-order valence-corrected chi connectivity index (χ3v) is 3.35. The maximum absolute atomic E-state index is 10.8. The van der Waals surface area contributed by atoms with Gasteiger partial charge in [-0.3, -0.25) is 16.7 Å². The SMILES string of the molecule is CC1OS(=O)OC1C1COS(=O)O1. The standard InChI is InChI=1S/C5H8O6S2/c1-3-5(11-13(7)9-3)4-2-8-12(6)10-4/h3-5H,2H2,1H3. The molecule has 0 spiro atoms.